The number of morpholine rings is 1. The molecule has 0 radical (unpaired) electrons. The second kappa shape index (κ2) is 6.91. The quantitative estimate of drug-likeness (QED) is 0.861. The van der Waals surface area contributed by atoms with Crippen LogP contribution >= 0.6 is 0 Å². The van der Waals surface area contributed by atoms with Crippen LogP contribution in [0.4, 0.5) is 0 Å². The van der Waals surface area contributed by atoms with Crippen LogP contribution in [-0.2, 0) is 23.0 Å². The summed E-state index contributed by atoms with van der Waals surface area (Å²) in [5, 5.41) is 0. The lowest BCUT2D eigenvalue weighted by atomic mass is 10.1. The van der Waals surface area contributed by atoms with Gasteiger partial charge in [-0.15, -0.1) is 0 Å². The Bertz CT molecular complexity index is 668. The predicted molar refractivity (Wildman–Crippen MR) is 85.8 cm³/mol. The van der Waals surface area contributed by atoms with Crippen LogP contribution in [0.15, 0.2) is 30.7 Å². The molecule has 1 aliphatic heterocycles. The Morgan fingerprint density at radius 2 is 2.35 bits per heavy atom. The van der Waals surface area contributed by atoms with E-state index in [1.165, 1.54) is 0 Å². The van der Waals surface area contributed by atoms with Crippen LogP contribution in [0.25, 0.3) is 0 Å². The van der Waals surface area contributed by atoms with Crippen LogP contribution in [-0.4, -0.2) is 45.0 Å². The molecule has 3 heterocycles. The normalized spacial score (nSPS) is 18.2. The summed E-state index contributed by atoms with van der Waals surface area (Å²) in [4.78, 5) is 22.9. The molecule has 0 aliphatic carbocycles. The molecule has 1 amide bonds. The molecule has 1 aliphatic rings. The van der Waals surface area contributed by atoms with E-state index in [0.29, 0.717) is 26.1 Å². The average Bonchev–Trinajstić information content (AvgIpc) is 2.92. The first-order chi connectivity index (χ1) is 11.1. The maximum Gasteiger partial charge on any atom is 0.223 e. The topological polar surface area (TPSA) is 60.2 Å². The number of carbonyl (C=O) groups excluding carboxylic acids is 1. The van der Waals surface area contributed by atoms with Crippen molar-refractivity contribution in [3.8, 4) is 0 Å². The first kappa shape index (κ1) is 15.7. The zero-order chi connectivity index (χ0) is 16.2. The van der Waals surface area contributed by atoms with E-state index < -0.39 is 0 Å². The molecule has 2 aromatic rings. The zero-order valence-corrected chi connectivity index (χ0v) is 13.6. The van der Waals surface area contributed by atoms with E-state index in [4.69, 9.17) is 4.74 Å². The molecule has 0 unspecified atom stereocenters. The monoisotopic (exact) mass is 314 g/mol. The molecule has 23 heavy (non-hydrogen) atoms. The summed E-state index contributed by atoms with van der Waals surface area (Å²) in [6, 6.07) is 3.90. The van der Waals surface area contributed by atoms with Gasteiger partial charge >= 0.3 is 0 Å². The van der Waals surface area contributed by atoms with Gasteiger partial charge in [0.05, 0.1) is 18.8 Å². The van der Waals surface area contributed by atoms with Gasteiger partial charge in [0, 0.05) is 38.6 Å². The highest BCUT2D eigenvalue weighted by atomic mass is 16.5. The maximum absolute atomic E-state index is 12.5. The molecule has 0 bridgehead atoms. The molecule has 2 aromatic heterocycles. The third-order valence-corrected chi connectivity index (χ3v) is 4.09. The van der Waals surface area contributed by atoms with Gasteiger partial charge in [-0.2, -0.15) is 0 Å². The number of imidazole rings is 1. The molecule has 0 N–H and O–H groups in total. The molecule has 6 heteroatoms. The van der Waals surface area contributed by atoms with Crippen molar-refractivity contribution < 1.29 is 9.53 Å². The number of aryl methyl sites for hydroxylation is 3. The molecule has 122 valence electrons. The number of amides is 1. The molecule has 1 fully saturated rings. The van der Waals surface area contributed by atoms with Crippen molar-refractivity contribution >= 4 is 5.91 Å². The summed E-state index contributed by atoms with van der Waals surface area (Å²) in [5.74, 6) is 1.04. The van der Waals surface area contributed by atoms with Gasteiger partial charge in [0.1, 0.15) is 11.9 Å². The number of nitrogens with zero attached hydrogens (tertiary/aromatic N) is 4. The fourth-order valence-corrected chi connectivity index (χ4v) is 2.92. The zero-order valence-electron chi connectivity index (χ0n) is 13.6. The van der Waals surface area contributed by atoms with Gasteiger partial charge < -0.3 is 14.2 Å². The number of pyridine rings is 1. The van der Waals surface area contributed by atoms with Crippen LogP contribution in [0.5, 0.6) is 0 Å². The summed E-state index contributed by atoms with van der Waals surface area (Å²) in [6.07, 6.45) is 6.60. The fraction of sp³-hybridized carbons (Fsp3) is 0.471. The van der Waals surface area contributed by atoms with Gasteiger partial charge in [-0.05, 0) is 25.0 Å². The van der Waals surface area contributed by atoms with Crippen LogP contribution in [0.1, 0.15) is 29.6 Å². The molecular weight excluding hydrogens is 292 g/mol. The Kier molecular flexibility index (Phi) is 4.71. The lowest BCUT2D eigenvalue weighted by molar-refractivity contribution is -0.139. The van der Waals surface area contributed by atoms with Gasteiger partial charge in [0.2, 0.25) is 5.91 Å². The van der Waals surface area contributed by atoms with Crippen molar-refractivity contribution in [3.05, 3.63) is 47.8 Å². The lowest BCUT2D eigenvalue weighted by Crippen LogP contribution is -2.42. The second-order valence-electron chi connectivity index (χ2n) is 5.91. The minimum atomic E-state index is -0.148. The maximum atomic E-state index is 12.5. The number of aromatic nitrogens is 3. The van der Waals surface area contributed by atoms with Crippen molar-refractivity contribution in [3.63, 3.8) is 0 Å². The predicted octanol–water partition coefficient (Wildman–Crippen LogP) is 1.66. The highest BCUT2D eigenvalue weighted by Crippen LogP contribution is 2.22. The van der Waals surface area contributed by atoms with Gasteiger partial charge in [-0.1, -0.05) is 6.07 Å². The molecular formula is C17H22N4O2. The SMILES string of the molecule is Cc1cn(C)c([C@H]2CN(C(=O)CCc3cccnc3)CCO2)n1. The van der Waals surface area contributed by atoms with Gasteiger partial charge in [0.15, 0.2) is 0 Å². The van der Waals surface area contributed by atoms with E-state index in [1.54, 1.807) is 6.20 Å². The second-order valence-corrected chi connectivity index (χ2v) is 5.91. The van der Waals surface area contributed by atoms with Crippen molar-refractivity contribution in [1.29, 1.82) is 0 Å². The molecule has 0 spiro atoms. The third kappa shape index (κ3) is 3.76. The number of rotatable bonds is 4. The van der Waals surface area contributed by atoms with Crippen molar-refractivity contribution in [1.82, 2.24) is 19.4 Å². The van der Waals surface area contributed by atoms with Gasteiger partial charge in [-0.3, -0.25) is 9.78 Å². The Labute approximate surface area is 136 Å². The number of ether oxygens (including phenoxy) is 1. The first-order valence-corrected chi connectivity index (χ1v) is 7.91. The minimum Gasteiger partial charge on any atom is -0.367 e. The molecule has 6 nitrogen and oxygen atoms in total. The third-order valence-electron chi connectivity index (χ3n) is 4.09. The number of carbonyl (C=O) groups is 1. The van der Waals surface area contributed by atoms with Crippen LogP contribution < -0.4 is 0 Å². The summed E-state index contributed by atoms with van der Waals surface area (Å²) in [6.45, 7) is 3.72. The molecule has 0 aromatic carbocycles. The van der Waals surface area contributed by atoms with Crippen LogP contribution in [0, 0.1) is 6.92 Å². The molecule has 3 rings (SSSR count). The summed E-state index contributed by atoms with van der Waals surface area (Å²) in [5.41, 5.74) is 2.05. The highest BCUT2D eigenvalue weighted by molar-refractivity contribution is 5.76. The van der Waals surface area contributed by atoms with Crippen molar-refractivity contribution in [2.45, 2.75) is 25.9 Å². The molecule has 0 saturated carbocycles. The molecule has 1 atom stereocenters. The summed E-state index contributed by atoms with van der Waals surface area (Å²) in [7, 11) is 1.96. The Morgan fingerprint density at radius 1 is 1.48 bits per heavy atom. The first-order valence-electron chi connectivity index (χ1n) is 7.91. The largest absolute Gasteiger partial charge is 0.367 e. The van der Waals surface area contributed by atoms with E-state index >= 15 is 0 Å². The fourth-order valence-electron chi connectivity index (χ4n) is 2.92. The van der Waals surface area contributed by atoms with E-state index in [-0.39, 0.29) is 12.0 Å². The average molecular weight is 314 g/mol. The summed E-state index contributed by atoms with van der Waals surface area (Å²) < 4.78 is 7.79. The van der Waals surface area contributed by atoms with Gasteiger partial charge in [0.25, 0.3) is 0 Å². The Balaban J connectivity index is 1.59. The highest BCUT2D eigenvalue weighted by Gasteiger charge is 2.27. The van der Waals surface area contributed by atoms with E-state index in [1.807, 2.05) is 48.0 Å². The van der Waals surface area contributed by atoms with Crippen molar-refractivity contribution in [2.75, 3.05) is 19.7 Å². The number of hydrogen-bond acceptors (Lipinski definition) is 4. The lowest BCUT2D eigenvalue weighted by Gasteiger charge is -2.32. The van der Waals surface area contributed by atoms with E-state index in [2.05, 4.69) is 9.97 Å². The summed E-state index contributed by atoms with van der Waals surface area (Å²) >= 11 is 0. The van der Waals surface area contributed by atoms with Crippen molar-refractivity contribution in [2.24, 2.45) is 7.05 Å². The standard InChI is InChI=1S/C17H22N4O2/c1-13-11-20(2)17(19-13)15-12-21(8-9-23-15)16(22)6-5-14-4-3-7-18-10-14/h3-4,7,10-11,15H,5-6,8-9,12H2,1-2H3/t15-/m1/s1. The van der Waals surface area contributed by atoms with E-state index in [9.17, 15) is 4.79 Å². The minimum absolute atomic E-state index is 0.148. The number of hydrogen-bond donors (Lipinski definition) is 0. The Morgan fingerprint density at radius 3 is 3.04 bits per heavy atom. The van der Waals surface area contributed by atoms with Gasteiger partial charge in [-0.25, -0.2) is 4.98 Å². The smallest absolute Gasteiger partial charge is 0.223 e. The molecule has 1 saturated heterocycles. The Hall–Kier alpha value is -2.21. The van der Waals surface area contributed by atoms with E-state index in [0.717, 1.165) is 23.5 Å². The van der Waals surface area contributed by atoms with Crippen LogP contribution in [0.2, 0.25) is 0 Å². The van der Waals surface area contributed by atoms with Crippen LogP contribution in [0.3, 0.4) is 0 Å².